The van der Waals surface area contributed by atoms with Crippen LogP contribution in [0, 0.1) is 24.2 Å². The first-order valence-corrected chi connectivity index (χ1v) is 6.72. The second-order valence-electron chi connectivity index (χ2n) is 5.77. The highest BCUT2D eigenvalue weighted by atomic mass is 16.5. The van der Waals surface area contributed by atoms with Crippen LogP contribution in [-0.4, -0.2) is 12.6 Å². The Balaban J connectivity index is 2.92. The van der Waals surface area contributed by atoms with Crippen molar-refractivity contribution in [3.05, 3.63) is 29.3 Å². The minimum Gasteiger partial charge on any atom is -0.465 e. The van der Waals surface area contributed by atoms with E-state index < -0.39 is 5.41 Å². The van der Waals surface area contributed by atoms with Crippen LogP contribution >= 0.6 is 0 Å². The molecule has 0 aliphatic heterocycles. The maximum atomic E-state index is 11.9. The van der Waals surface area contributed by atoms with Crippen LogP contribution in [0.1, 0.15) is 38.3 Å². The Morgan fingerprint density at radius 3 is 2.65 bits per heavy atom. The molecular formula is C16H22N2O2. The Morgan fingerprint density at radius 1 is 1.50 bits per heavy atom. The van der Waals surface area contributed by atoms with Gasteiger partial charge in [0.05, 0.1) is 24.5 Å². The van der Waals surface area contributed by atoms with Crippen LogP contribution in [0.25, 0.3) is 0 Å². The summed E-state index contributed by atoms with van der Waals surface area (Å²) in [6, 6.07) is 7.60. The zero-order chi connectivity index (χ0) is 15.3. The van der Waals surface area contributed by atoms with E-state index in [1.165, 1.54) is 0 Å². The average molecular weight is 274 g/mol. The normalized spacial score (nSPS) is 13.6. The number of ether oxygens (including phenoxy) is 1. The number of nitrogen functional groups attached to an aromatic ring is 1. The van der Waals surface area contributed by atoms with Gasteiger partial charge in [-0.15, -0.1) is 0 Å². The third-order valence-electron chi connectivity index (χ3n) is 3.17. The number of carbonyl (C=O) groups is 1. The smallest absolute Gasteiger partial charge is 0.307 e. The molecular weight excluding hydrogens is 252 g/mol. The summed E-state index contributed by atoms with van der Waals surface area (Å²) in [4.78, 5) is 11.9. The largest absolute Gasteiger partial charge is 0.465 e. The Hall–Kier alpha value is -2.02. The standard InChI is InChI=1S/C16H22N2O2/c1-11(2)9-20-15(19)8-16(4,10-17)14-6-5-13(18)7-12(14)3/h5-7,11H,8-9,18H2,1-4H3. The molecule has 0 aliphatic carbocycles. The van der Waals surface area contributed by atoms with Crippen LogP contribution in [0.15, 0.2) is 18.2 Å². The summed E-state index contributed by atoms with van der Waals surface area (Å²) in [6.45, 7) is 7.96. The average Bonchev–Trinajstić information content (AvgIpc) is 2.36. The number of anilines is 1. The lowest BCUT2D eigenvalue weighted by atomic mass is 9.78. The summed E-state index contributed by atoms with van der Waals surface area (Å²) >= 11 is 0. The number of nitrogens with zero attached hydrogens (tertiary/aromatic N) is 1. The van der Waals surface area contributed by atoms with Crippen molar-refractivity contribution in [2.75, 3.05) is 12.3 Å². The Kier molecular flexibility index (Phi) is 5.15. The summed E-state index contributed by atoms with van der Waals surface area (Å²) in [6.07, 6.45) is 0.0426. The minimum atomic E-state index is -0.897. The molecule has 0 amide bonds. The highest BCUT2D eigenvalue weighted by Crippen LogP contribution is 2.31. The van der Waals surface area contributed by atoms with E-state index in [1.54, 1.807) is 13.0 Å². The molecule has 1 aromatic rings. The fourth-order valence-corrected chi connectivity index (χ4v) is 2.10. The van der Waals surface area contributed by atoms with Crippen LogP contribution in [0.4, 0.5) is 5.69 Å². The van der Waals surface area contributed by atoms with Gasteiger partial charge in [0.2, 0.25) is 0 Å². The number of esters is 1. The fraction of sp³-hybridized carbons (Fsp3) is 0.500. The van der Waals surface area contributed by atoms with Crippen molar-refractivity contribution in [1.29, 1.82) is 5.26 Å². The van der Waals surface area contributed by atoms with Crippen LogP contribution < -0.4 is 5.73 Å². The van der Waals surface area contributed by atoms with Crippen molar-refractivity contribution in [2.24, 2.45) is 5.92 Å². The molecule has 20 heavy (non-hydrogen) atoms. The van der Waals surface area contributed by atoms with E-state index in [-0.39, 0.29) is 18.3 Å². The van der Waals surface area contributed by atoms with Gasteiger partial charge in [-0.25, -0.2) is 0 Å². The molecule has 4 nitrogen and oxygen atoms in total. The molecule has 0 saturated heterocycles. The van der Waals surface area contributed by atoms with Gasteiger partial charge in [0.15, 0.2) is 0 Å². The SMILES string of the molecule is Cc1cc(N)ccc1C(C)(C#N)CC(=O)OCC(C)C. The van der Waals surface area contributed by atoms with Crippen molar-refractivity contribution in [3.8, 4) is 6.07 Å². The second-order valence-corrected chi connectivity index (χ2v) is 5.77. The molecule has 0 spiro atoms. The summed E-state index contributed by atoms with van der Waals surface area (Å²) in [5, 5.41) is 9.47. The van der Waals surface area contributed by atoms with Gasteiger partial charge in [-0.1, -0.05) is 19.9 Å². The summed E-state index contributed by atoms with van der Waals surface area (Å²) in [5.41, 5.74) is 7.19. The number of hydrogen-bond acceptors (Lipinski definition) is 4. The molecule has 2 N–H and O–H groups in total. The Morgan fingerprint density at radius 2 is 2.15 bits per heavy atom. The predicted octanol–water partition coefficient (Wildman–Crippen LogP) is 2.95. The fourth-order valence-electron chi connectivity index (χ4n) is 2.10. The number of carbonyl (C=O) groups excluding carboxylic acids is 1. The molecule has 1 unspecified atom stereocenters. The van der Waals surface area contributed by atoms with Crippen LogP contribution in [0.3, 0.4) is 0 Å². The number of aryl methyl sites for hydroxylation is 1. The maximum absolute atomic E-state index is 11.9. The van der Waals surface area contributed by atoms with Gasteiger partial charge in [-0.3, -0.25) is 4.79 Å². The number of rotatable bonds is 5. The third-order valence-corrected chi connectivity index (χ3v) is 3.17. The monoisotopic (exact) mass is 274 g/mol. The molecule has 1 aromatic carbocycles. The van der Waals surface area contributed by atoms with Gasteiger partial charge in [0, 0.05) is 5.69 Å². The van der Waals surface area contributed by atoms with Gasteiger partial charge in [0.1, 0.15) is 0 Å². The lowest BCUT2D eigenvalue weighted by molar-refractivity contribution is -0.145. The molecule has 1 atom stereocenters. The molecule has 0 bridgehead atoms. The molecule has 0 aromatic heterocycles. The minimum absolute atomic E-state index is 0.0426. The van der Waals surface area contributed by atoms with Crippen molar-refractivity contribution in [2.45, 2.75) is 39.5 Å². The zero-order valence-corrected chi connectivity index (χ0v) is 12.6. The first-order chi connectivity index (χ1) is 9.28. The molecule has 1 rings (SSSR count). The molecule has 0 fully saturated rings. The van der Waals surface area contributed by atoms with Gasteiger partial charge < -0.3 is 10.5 Å². The van der Waals surface area contributed by atoms with Gasteiger partial charge >= 0.3 is 5.97 Å². The first-order valence-electron chi connectivity index (χ1n) is 6.72. The quantitative estimate of drug-likeness (QED) is 0.661. The van der Waals surface area contributed by atoms with Crippen LogP contribution in [0.5, 0.6) is 0 Å². The molecule has 4 heteroatoms. The van der Waals surface area contributed by atoms with Crippen LogP contribution in [0.2, 0.25) is 0 Å². The lowest BCUT2D eigenvalue weighted by Crippen LogP contribution is -2.26. The first kappa shape index (κ1) is 16.0. The van der Waals surface area contributed by atoms with E-state index in [0.29, 0.717) is 12.3 Å². The number of benzene rings is 1. The van der Waals surface area contributed by atoms with Gasteiger partial charge in [0.25, 0.3) is 0 Å². The lowest BCUT2D eigenvalue weighted by Gasteiger charge is -2.23. The van der Waals surface area contributed by atoms with Crippen LogP contribution in [-0.2, 0) is 14.9 Å². The van der Waals surface area contributed by atoms with Gasteiger partial charge in [-0.2, -0.15) is 5.26 Å². The van der Waals surface area contributed by atoms with Crippen molar-refractivity contribution in [3.63, 3.8) is 0 Å². The van der Waals surface area contributed by atoms with E-state index >= 15 is 0 Å². The summed E-state index contributed by atoms with van der Waals surface area (Å²) < 4.78 is 5.17. The molecule has 0 heterocycles. The highest BCUT2D eigenvalue weighted by molar-refractivity contribution is 5.72. The second kappa shape index (κ2) is 6.42. The van der Waals surface area contributed by atoms with E-state index in [4.69, 9.17) is 10.5 Å². The highest BCUT2D eigenvalue weighted by Gasteiger charge is 2.32. The van der Waals surface area contributed by atoms with Crippen molar-refractivity contribution in [1.82, 2.24) is 0 Å². The maximum Gasteiger partial charge on any atom is 0.307 e. The van der Waals surface area contributed by atoms with Crippen molar-refractivity contribution < 1.29 is 9.53 Å². The van der Waals surface area contributed by atoms with Gasteiger partial charge in [-0.05, 0) is 43.0 Å². The third kappa shape index (κ3) is 3.99. The summed E-state index contributed by atoms with van der Waals surface area (Å²) in [5.74, 6) is -0.0653. The number of nitrogens with two attached hydrogens (primary N) is 1. The molecule has 0 radical (unpaired) electrons. The van der Waals surface area contributed by atoms with Crippen molar-refractivity contribution >= 4 is 11.7 Å². The number of hydrogen-bond donors (Lipinski definition) is 1. The van der Waals surface area contributed by atoms with E-state index in [2.05, 4.69) is 6.07 Å². The molecule has 0 aliphatic rings. The van der Waals surface area contributed by atoms with E-state index in [1.807, 2.05) is 32.9 Å². The predicted molar refractivity (Wildman–Crippen MR) is 79.0 cm³/mol. The zero-order valence-electron chi connectivity index (χ0n) is 12.6. The topological polar surface area (TPSA) is 76.1 Å². The van der Waals surface area contributed by atoms with E-state index in [0.717, 1.165) is 11.1 Å². The van der Waals surface area contributed by atoms with E-state index in [9.17, 15) is 10.1 Å². The Bertz CT molecular complexity index is 532. The Labute approximate surface area is 120 Å². The number of nitriles is 1. The molecule has 108 valence electrons. The molecule has 0 saturated carbocycles. The summed E-state index contributed by atoms with van der Waals surface area (Å²) in [7, 11) is 0.